The standard InChI is InChI=1S/C18H21NO3S/c1-15-7-9-17(10-8-15)23(21,22)19-13-11-18(20,12-14-19)16-5-3-2-4-6-16/h2-10,20H,11-14H2,1H3. The van der Waals surface area contributed by atoms with Gasteiger partial charge in [-0.25, -0.2) is 8.42 Å². The Balaban J connectivity index is 1.77. The Morgan fingerprint density at radius 3 is 2.09 bits per heavy atom. The Kier molecular flexibility index (Phi) is 4.27. The molecule has 5 heteroatoms. The molecule has 0 aromatic heterocycles. The van der Waals surface area contributed by atoms with E-state index in [2.05, 4.69) is 0 Å². The van der Waals surface area contributed by atoms with Crippen LogP contribution in [0.15, 0.2) is 59.5 Å². The highest BCUT2D eigenvalue weighted by Gasteiger charge is 2.38. The summed E-state index contributed by atoms with van der Waals surface area (Å²) >= 11 is 0. The molecule has 4 nitrogen and oxygen atoms in total. The maximum atomic E-state index is 12.7. The van der Waals surface area contributed by atoms with Crippen molar-refractivity contribution in [2.24, 2.45) is 0 Å². The Morgan fingerprint density at radius 1 is 0.957 bits per heavy atom. The lowest BCUT2D eigenvalue weighted by Crippen LogP contribution is -2.45. The maximum Gasteiger partial charge on any atom is 0.243 e. The van der Waals surface area contributed by atoms with Crippen molar-refractivity contribution >= 4 is 10.0 Å². The van der Waals surface area contributed by atoms with Crippen molar-refractivity contribution in [2.45, 2.75) is 30.3 Å². The fourth-order valence-corrected chi connectivity index (χ4v) is 4.43. The van der Waals surface area contributed by atoms with Gasteiger partial charge >= 0.3 is 0 Å². The van der Waals surface area contributed by atoms with Gasteiger partial charge in [-0.05, 0) is 37.5 Å². The van der Waals surface area contributed by atoms with E-state index in [1.165, 1.54) is 4.31 Å². The molecule has 1 aliphatic rings. The van der Waals surface area contributed by atoms with E-state index < -0.39 is 15.6 Å². The number of aryl methyl sites for hydroxylation is 1. The van der Waals surface area contributed by atoms with Gasteiger partial charge in [0.15, 0.2) is 0 Å². The monoisotopic (exact) mass is 331 g/mol. The summed E-state index contributed by atoms with van der Waals surface area (Å²) in [5.41, 5.74) is 0.939. The summed E-state index contributed by atoms with van der Waals surface area (Å²) in [4.78, 5) is 0.313. The van der Waals surface area contributed by atoms with Gasteiger partial charge in [-0.2, -0.15) is 4.31 Å². The van der Waals surface area contributed by atoms with Crippen LogP contribution in [-0.4, -0.2) is 30.9 Å². The van der Waals surface area contributed by atoms with Crippen LogP contribution in [0, 0.1) is 6.92 Å². The second-order valence-electron chi connectivity index (χ2n) is 6.11. The topological polar surface area (TPSA) is 57.6 Å². The normalized spacial score (nSPS) is 18.7. The molecule has 0 radical (unpaired) electrons. The molecule has 23 heavy (non-hydrogen) atoms. The number of sulfonamides is 1. The summed E-state index contributed by atoms with van der Waals surface area (Å²) in [7, 11) is -3.49. The van der Waals surface area contributed by atoms with Crippen molar-refractivity contribution in [2.75, 3.05) is 13.1 Å². The van der Waals surface area contributed by atoms with E-state index in [0.717, 1.165) is 11.1 Å². The molecule has 0 unspecified atom stereocenters. The maximum absolute atomic E-state index is 12.7. The molecular weight excluding hydrogens is 310 g/mol. The predicted molar refractivity (Wildman–Crippen MR) is 89.5 cm³/mol. The first kappa shape index (κ1) is 16.2. The quantitative estimate of drug-likeness (QED) is 0.941. The van der Waals surface area contributed by atoms with Crippen LogP contribution in [-0.2, 0) is 15.6 Å². The summed E-state index contributed by atoms with van der Waals surface area (Å²) in [6, 6.07) is 16.4. The molecule has 0 saturated carbocycles. The molecule has 2 aromatic rings. The van der Waals surface area contributed by atoms with E-state index in [1.54, 1.807) is 24.3 Å². The second-order valence-corrected chi connectivity index (χ2v) is 8.05. The first-order valence-corrected chi connectivity index (χ1v) is 9.21. The zero-order valence-corrected chi connectivity index (χ0v) is 14.0. The number of nitrogens with zero attached hydrogens (tertiary/aromatic N) is 1. The van der Waals surface area contributed by atoms with Crippen molar-refractivity contribution in [1.29, 1.82) is 0 Å². The van der Waals surface area contributed by atoms with Gasteiger partial charge in [0, 0.05) is 13.1 Å². The van der Waals surface area contributed by atoms with Crippen LogP contribution >= 0.6 is 0 Å². The first-order valence-electron chi connectivity index (χ1n) is 7.77. The largest absolute Gasteiger partial charge is 0.385 e. The van der Waals surface area contributed by atoms with E-state index >= 15 is 0 Å². The molecule has 1 fully saturated rings. The summed E-state index contributed by atoms with van der Waals surface area (Å²) in [6.45, 7) is 2.57. The Labute approximate surface area is 137 Å². The molecule has 0 amide bonds. The molecule has 0 aliphatic carbocycles. The molecule has 0 atom stereocenters. The van der Waals surface area contributed by atoms with Gasteiger partial charge in [0.1, 0.15) is 0 Å². The van der Waals surface area contributed by atoms with Crippen molar-refractivity contribution in [3.63, 3.8) is 0 Å². The Morgan fingerprint density at radius 2 is 1.52 bits per heavy atom. The van der Waals surface area contributed by atoms with Crippen LogP contribution in [0.2, 0.25) is 0 Å². The number of benzene rings is 2. The molecule has 0 spiro atoms. The third kappa shape index (κ3) is 3.17. The van der Waals surface area contributed by atoms with Crippen LogP contribution in [0.4, 0.5) is 0 Å². The average Bonchev–Trinajstić information content (AvgIpc) is 2.56. The number of rotatable bonds is 3. The van der Waals surface area contributed by atoms with Crippen molar-refractivity contribution in [3.05, 3.63) is 65.7 Å². The van der Waals surface area contributed by atoms with Crippen LogP contribution in [0.25, 0.3) is 0 Å². The van der Waals surface area contributed by atoms with Crippen molar-refractivity contribution in [3.8, 4) is 0 Å². The van der Waals surface area contributed by atoms with Gasteiger partial charge in [-0.15, -0.1) is 0 Å². The lowest BCUT2D eigenvalue weighted by atomic mass is 9.85. The minimum atomic E-state index is -3.49. The second kappa shape index (κ2) is 6.07. The molecule has 1 aliphatic heterocycles. The van der Waals surface area contributed by atoms with Crippen molar-refractivity contribution < 1.29 is 13.5 Å². The molecule has 0 bridgehead atoms. The SMILES string of the molecule is Cc1ccc(S(=O)(=O)N2CCC(O)(c3ccccc3)CC2)cc1. The number of hydrogen-bond donors (Lipinski definition) is 1. The molecule has 1 saturated heterocycles. The molecule has 122 valence electrons. The summed E-state index contributed by atoms with van der Waals surface area (Å²) in [5.74, 6) is 0. The molecule has 1 N–H and O–H groups in total. The summed E-state index contributed by atoms with van der Waals surface area (Å²) in [5, 5.41) is 10.8. The molecule has 2 aromatic carbocycles. The average molecular weight is 331 g/mol. The number of hydrogen-bond acceptors (Lipinski definition) is 3. The summed E-state index contributed by atoms with van der Waals surface area (Å²) in [6.07, 6.45) is 0.810. The van der Waals surface area contributed by atoms with Gasteiger partial charge in [0.25, 0.3) is 0 Å². The molecule has 1 heterocycles. The number of piperidine rings is 1. The van der Waals surface area contributed by atoms with E-state index in [9.17, 15) is 13.5 Å². The van der Waals surface area contributed by atoms with Crippen molar-refractivity contribution in [1.82, 2.24) is 4.31 Å². The van der Waals surface area contributed by atoms with Crippen LogP contribution in [0.3, 0.4) is 0 Å². The van der Waals surface area contributed by atoms with Gasteiger partial charge in [-0.3, -0.25) is 0 Å². The minimum Gasteiger partial charge on any atom is -0.385 e. The Bertz CT molecular complexity index is 762. The van der Waals surface area contributed by atoms with Gasteiger partial charge in [0.2, 0.25) is 10.0 Å². The zero-order valence-electron chi connectivity index (χ0n) is 13.1. The van der Waals surface area contributed by atoms with E-state index in [4.69, 9.17) is 0 Å². The third-order valence-electron chi connectivity index (χ3n) is 4.52. The highest BCUT2D eigenvalue weighted by atomic mass is 32.2. The van der Waals surface area contributed by atoms with Crippen LogP contribution < -0.4 is 0 Å². The lowest BCUT2D eigenvalue weighted by Gasteiger charge is -2.37. The van der Waals surface area contributed by atoms with Gasteiger partial charge in [-0.1, -0.05) is 48.0 Å². The van der Waals surface area contributed by atoms with Crippen LogP contribution in [0.5, 0.6) is 0 Å². The highest BCUT2D eigenvalue weighted by molar-refractivity contribution is 7.89. The number of aliphatic hydroxyl groups is 1. The van der Waals surface area contributed by atoms with E-state index in [0.29, 0.717) is 30.8 Å². The third-order valence-corrected chi connectivity index (χ3v) is 6.43. The first-order chi connectivity index (χ1) is 10.9. The summed E-state index contributed by atoms with van der Waals surface area (Å²) < 4.78 is 26.8. The predicted octanol–water partition coefficient (Wildman–Crippen LogP) is 2.67. The highest BCUT2D eigenvalue weighted by Crippen LogP contribution is 2.34. The fraction of sp³-hybridized carbons (Fsp3) is 0.333. The van der Waals surface area contributed by atoms with Gasteiger partial charge < -0.3 is 5.11 Å². The Hall–Kier alpha value is -1.69. The molecular formula is C18H21NO3S. The van der Waals surface area contributed by atoms with Gasteiger partial charge in [0.05, 0.1) is 10.5 Å². The minimum absolute atomic E-state index is 0.313. The van der Waals surface area contributed by atoms with E-state index in [1.807, 2.05) is 37.3 Å². The molecule has 3 rings (SSSR count). The smallest absolute Gasteiger partial charge is 0.243 e. The zero-order chi connectivity index (χ0) is 16.5. The lowest BCUT2D eigenvalue weighted by molar-refractivity contribution is -0.00961. The van der Waals surface area contributed by atoms with E-state index in [-0.39, 0.29) is 0 Å². The van der Waals surface area contributed by atoms with Crippen LogP contribution in [0.1, 0.15) is 24.0 Å². The fourth-order valence-electron chi connectivity index (χ4n) is 2.99.